The van der Waals surface area contributed by atoms with Gasteiger partial charge in [0.1, 0.15) is 29.5 Å². The van der Waals surface area contributed by atoms with E-state index >= 15 is 0 Å². The van der Waals surface area contributed by atoms with E-state index in [0.717, 1.165) is 11.8 Å². The van der Waals surface area contributed by atoms with Crippen LogP contribution in [0.5, 0.6) is 0 Å². The molecule has 2 aliphatic heterocycles. The molecule has 14 nitrogen and oxygen atoms in total. The molecule has 2 aliphatic rings. The number of carbonyl (C=O) groups excluding carboxylic acids is 4. The molecule has 0 aromatic rings. The standard InChI is InChI=1S/C37H63NO13S/c1-15-28-37(11,43)33(51-52(14,44)45)23(6)29(40)21(4)19-36(10,46-13)32(24(7)30(41)25(8)34(42)49-28)50-35-31(48-26(9)39)27(18-22(5)47-35)38(12)17-16-20(2)3/h21-25,27-28,31-33,35,43H,2,15-19H2,1,3-14H3/t21-,22-,23+,24+,25-,27+,28-,31-,32-,33-,35+,36-,37-/m1/s1. The first kappa shape index (κ1) is 45.9. The van der Waals surface area contributed by atoms with Gasteiger partial charge < -0.3 is 28.8 Å². The number of carbonyl (C=O) groups is 4. The van der Waals surface area contributed by atoms with Crippen LogP contribution in [0.4, 0.5) is 0 Å². The molecule has 0 saturated carbocycles. The Kier molecular flexibility index (Phi) is 16.2. The topological polar surface area (TPSA) is 181 Å². The van der Waals surface area contributed by atoms with Crippen molar-refractivity contribution >= 4 is 33.6 Å². The molecule has 0 radical (unpaired) electrons. The summed E-state index contributed by atoms with van der Waals surface area (Å²) in [4.78, 5) is 56.5. The summed E-state index contributed by atoms with van der Waals surface area (Å²) in [6.07, 6.45) is -4.64. The van der Waals surface area contributed by atoms with Crippen LogP contribution in [0.1, 0.15) is 94.9 Å². The maximum atomic E-state index is 14.2. The van der Waals surface area contributed by atoms with Crippen LogP contribution in [0.25, 0.3) is 0 Å². The molecule has 0 aromatic carbocycles. The van der Waals surface area contributed by atoms with Gasteiger partial charge in [-0.05, 0) is 67.3 Å². The molecule has 0 aromatic heterocycles. The summed E-state index contributed by atoms with van der Waals surface area (Å²) in [6, 6.07) is -0.337. The summed E-state index contributed by atoms with van der Waals surface area (Å²) in [5, 5.41) is 11.8. The van der Waals surface area contributed by atoms with Gasteiger partial charge in [0.25, 0.3) is 10.1 Å². The van der Waals surface area contributed by atoms with Gasteiger partial charge in [-0.2, -0.15) is 8.42 Å². The van der Waals surface area contributed by atoms with Gasteiger partial charge in [0, 0.05) is 38.3 Å². The van der Waals surface area contributed by atoms with Gasteiger partial charge in [-0.15, -0.1) is 6.58 Å². The monoisotopic (exact) mass is 761 g/mol. The lowest BCUT2D eigenvalue weighted by atomic mass is 9.74. The highest BCUT2D eigenvalue weighted by Crippen LogP contribution is 2.39. The smallest absolute Gasteiger partial charge is 0.316 e. The Bertz CT molecular complexity index is 1400. The number of hydrogen-bond donors (Lipinski definition) is 1. The van der Waals surface area contributed by atoms with Crippen LogP contribution in [0.3, 0.4) is 0 Å². The Morgan fingerprint density at radius 2 is 1.62 bits per heavy atom. The molecule has 0 unspecified atom stereocenters. The third-order valence-corrected chi connectivity index (χ3v) is 11.2. The van der Waals surface area contributed by atoms with Crippen LogP contribution in [0.15, 0.2) is 12.2 Å². The fourth-order valence-electron chi connectivity index (χ4n) is 7.55. The first-order chi connectivity index (χ1) is 23.8. The van der Waals surface area contributed by atoms with Crippen LogP contribution >= 0.6 is 0 Å². The van der Waals surface area contributed by atoms with Gasteiger partial charge in [-0.1, -0.05) is 33.3 Å². The second-order valence-electron chi connectivity index (χ2n) is 15.4. The zero-order chi connectivity index (χ0) is 40.1. The minimum atomic E-state index is -4.22. The van der Waals surface area contributed by atoms with Crippen molar-refractivity contribution in [2.24, 2.45) is 23.7 Å². The van der Waals surface area contributed by atoms with E-state index < -0.39 is 99.2 Å². The van der Waals surface area contributed by atoms with E-state index in [0.29, 0.717) is 19.4 Å². The Hall–Kier alpha value is -2.27. The lowest BCUT2D eigenvalue weighted by Gasteiger charge is -2.48. The second-order valence-corrected chi connectivity index (χ2v) is 17.0. The van der Waals surface area contributed by atoms with Crippen molar-refractivity contribution in [1.82, 2.24) is 4.90 Å². The summed E-state index contributed by atoms with van der Waals surface area (Å²) < 4.78 is 60.9. The molecular formula is C37H63NO13S. The van der Waals surface area contributed by atoms with Crippen molar-refractivity contribution < 1.29 is 60.6 Å². The zero-order valence-electron chi connectivity index (χ0n) is 33.3. The number of likely N-dealkylation sites (N-methyl/N-ethyl adjacent to an activating group) is 1. The van der Waals surface area contributed by atoms with Crippen LogP contribution in [-0.2, 0) is 57.2 Å². The van der Waals surface area contributed by atoms with E-state index in [4.69, 9.17) is 27.9 Å². The Balaban J connectivity index is 2.75. The van der Waals surface area contributed by atoms with Crippen molar-refractivity contribution in [2.45, 2.75) is 149 Å². The molecular weight excluding hydrogens is 698 g/mol. The number of hydrogen-bond acceptors (Lipinski definition) is 14. The van der Waals surface area contributed by atoms with E-state index in [9.17, 15) is 32.7 Å². The van der Waals surface area contributed by atoms with Crippen LogP contribution < -0.4 is 0 Å². The molecule has 15 heteroatoms. The quantitative estimate of drug-likeness (QED) is 0.140. The van der Waals surface area contributed by atoms with Gasteiger partial charge in [-0.3, -0.25) is 28.3 Å². The van der Waals surface area contributed by atoms with Crippen molar-refractivity contribution in [3.05, 3.63) is 12.2 Å². The Morgan fingerprint density at radius 1 is 1.04 bits per heavy atom. The maximum absolute atomic E-state index is 14.2. The average molecular weight is 762 g/mol. The predicted molar refractivity (Wildman–Crippen MR) is 192 cm³/mol. The SMILES string of the molecule is C=C(C)CCN(C)[C@H]1C[C@@H](C)O[C@@H](O[C@@H]2[C@@H](C)C(=O)[C@@H](C)C(=O)O[C@H](CC)[C@@](C)(O)[C@H](OS(C)(=O)=O)[C@@H](C)C(=O)[C@H](C)C[C@@]2(C)OC)[C@@H]1OC(C)=O. The molecule has 0 amide bonds. The fraction of sp³-hybridized carbons (Fsp3) is 0.838. The van der Waals surface area contributed by atoms with Crippen molar-refractivity contribution in [3.63, 3.8) is 0 Å². The predicted octanol–water partition coefficient (Wildman–Crippen LogP) is 3.61. The van der Waals surface area contributed by atoms with Crippen molar-refractivity contribution in [1.29, 1.82) is 0 Å². The summed E-state index contributed by atoms with van der Waals surface area (Å²) in [5.74, 6) is -7.06. The number of aliphatic hydroxyl groups is 1. The number of cyclic esters (lactones) is 1. The Labute approximate surface area is 310 Å². The molecule has 0 bridgehead atoms. The first-order valence-corrected chi connectivity index (χ1v) is 19.9. The molecule has 2 heterocycles. The molecule has 13 atom stereocenters. The molecule has 300 valence electrons. The number of ketones is 2. The molecule has 0 spiro atoms. The number of ether oxygens (including phenoxy) is 5. The Morgan fingerprint density at radius 3 is 2.12 bits per heavy atom. The number of methoxy groups -OCH3 is 1. The normalized spacial score (nSPS) is 38.8. The fourth-order valence-corrected chi connectivity index (χ4v) is 8.29. The summed E-state index contributed by atoms with van der Waals surface area (Å²) in [5.41, 5.74) is -2.59. The van der Waals surface area contributed by atoms with E-state index in [1.165, 1.54) is 34.8 Å². The summed E-state index contributed by atoms with van der Waals surface area (Å²) in [7, 11) is -0.900. The highest BCUT2D eigenvalue weighted by molar-refractivity contribution is 7.86. The minimum absolute atomic E-state index is 0.0134. The van der Waals surface area contributed by atoms with E-state index in [1.54, 1.807) is 27.7 Å². The summed E-state index contributed by atoms with van der Waals surface area (Å²) in [6.45, 7) is 20.3. The third-order valence-electron chi connectivity index (χ3n) is 10.6. The summed E-state index contributed by atoms with van der Waals surface area (Å²) >= 11 is 0. The maximum Gasteiger partial charge on any atom is 0.316 e. The molecule has 0 aliphatic carbocycles. The van der Waals surface area contributed by atoms with Crippen molar-refractivity contribution in [2.75, 3.05) is 27.0 Å². The lowest BCUT2D eigenvalue weighted by molar-refractivity contribution is -0.298. The number of Topliss-reactive ketones (excluding diaryl/α,β-unsaturated/α-hetero) is 2. The highest BCUT2D eigenvalue weighted by Gasteiger charge is 2.53. The van der Waals surface area contributed by atoms with E-state index in [2.05, 4.69) is 11.5 Å². The van der Waals surface area contributed by atoms with Crippen molar-refractivity contribution in [3.8, 4) is 0 Å². The van der Waals surface area contributed by atoms with Gasteiger partial charge in [0.2, 0.25) is 0 Å². The third kappa shape index (κ3) is 11.4. The molecule has 52 heavy (non-hydrogen) atoms. The van der Waals surface area contributed by atoms with Gasteiger partial charge >= 0.3 is 11.9 Å². The lowest BCUT2D eigenvalue weighted by Crippen LogP contribution is -2.61. The minimum Gasteiger partial charge on any atom is -0.459 e. The van der Waals surface area contributed by atoms with Crippen LogP contribution in [-0.4, -0.2) is 123 Å². The molecule has 2 saturated heterocycles. The molecule has 2 rings (SSSR count). The molecule has 2 fully saturated rings. The number of rotatable bonds is 11. The number of nitrogens with zero attached hydrogens (tertiary/aromatic N) is 1. The first-order valence-electron chi connectivity index (χ1n) is 18.1. The van der Waals surface area contributed by atoms with Gasteiger partial charge in [0.15, 0.2) is 18.2 Å². The molecule has 1 N–H and O–H groups in total. The average Bonchev–Trinajstić information content (AvgIpc) is 3.04. The van der Waals surface area contributed by atoms with Crippen LogP contribution in [0.2, 0.25) is 0 Å². The van der Waals surface area contributed by atoms with E-state index in [-0.39, 0.29) is 25.0 Å². The number of esters is 2. The highest BCUT2D eigenvalue weighted by atomic mass is 32.2. The van der Waals surface area contributed by atoms with Gasteiger partial charge in [-0.25, -0.2) is 0 Å². The second kappa shape index (κ2) is 18.4. The van der Waals surface area contributed by atoms with Crippen LogP contribution in [0, 0.1) is 23.7 Å². The van der Waals surface area contributed by atoms with E-state index in [1.807, 2.05) is 20.9 Å². The van der Waals surface area contributed by atoms with Gasteiger partial charge in [0.05, 0.1) is 30.1 Å². The zero-order valence-corrected chi connectivity index (χ0v) is 34.1. The largest absolute Gasteiger partial charge is 0.459 e.